The van der Waals surface area contributed by atoms with E-state index in [4.69, 9.17) is 4.74 Å². The number of anilines is 1. The number of likely N-dealkylation sites (N-methyl/N-ethyl adjacent to an activating group) is 1. The first-order chi connectivity index (χ1) is 15.4. The monoisotopic (exact) mass is 442 g/mol. The Hall–Kier alpha value is -3.11. The minimum absolute atomic E-state index is 0.0681. The second-order valence-corrected chi connectivity index (χ2v) is 8.27. The molecule has 1 atom stereocenters. The molecular formula is C22H30N6O4. The first kappa shape index (κ1) is 22.1. The van der Waals surface area contributed by atoms with E-state index in [0.29, 0.717) is 17.3 Å². The number of fused-ring (bicyclic) bond motifs is 1. The minimum Gasteiger partial charge on any atom is -0.491 e. The van der Waals surface area contributed by atoms with E-state index < -0.39 is 17.4 Å². The van der Waals surface area contributed by atoms with E-state index in [0.717, 1.165) is 38.2 Å². The van der Waals surface area contributed by atoms with Crippen LogP contribution in [-0.4, -0.2) is 75.0 Å². The van der Waals surface area contributed by atoms with Gasteiger partial charge in [-0.05, 0) is 31.2 Å². The molecule has 2 N–H and O–H groups in total. The molecule has 0 amide bonds. The normalized spacial score (nSPS) is 15.9. The number of hydrogen-bond acceptors (Lipinski definition) is 7. The van der Waals surface area contributed by atoms with Gasteiger partial charge in [0.25, 0.3) is 5.56 Å². The van der Waals surface area contributed by atoms with Crippen molar-refractivity contribution in [3.63, 3.8) is 0 Å². The van der Waals surface area contributed by atoms with Crippen LogP contribution in [0.4, 0.5) is 5.95 Å². The quantitative estimate of drug-likeness (QED) is 0.537. The second-order valence-electron chi connectivity index (χ2n) is 8.27. The first-order valence-corrected chi connectivity index (χ1v) is 10.9. The summed E-state index contributed by atoms with van der Waals surface area (Å²) in [6, 6.07) is 7.76. The van der Waals surface area contributed by atoms with Gasteiger partial charge in [-0.15, -0.1) is 0 Å². The van der Waals surface area contributed by atoms with Gasteiger partial charge in [0, 0.05) is 33.2 Å². The van der Waals surface area contributed by atoms with E-state index >= 15 is 0 Å². The zero-order chi connectivity index (χ0) is 22.8. The maximum atomic E-state index is 12.7. The third kappa shape index (κ3) is 4.42. The van der Waals surface area contributed by atoms with E-state index in [9.17, 15) is 14.7 Å². The van der Waals surface area contributed by atoms with Crippen molar-refractivity contribution in [3.05, 3.63) is 50.7 Å². The molecule has 10 heteroatoms. The molecule has 1 aliphatic heterocycles. The Labute approximate surface area is 185 Å². The van der Waals surface area contributed by atoms with Crippen molar-refractivity contribution in [1.29, 1.82) is 0 Å². The highest BCUT2D eigenvalue weighted by atomic mass is 16.5. The number of aliphatic hydroxyl groups is 1. The number of aromatic nitrogens is 4. The molecule has 10 nitrogen and oxygen atoms in total. The van der Waals surface area contributed by atoms with Crippen LogP contribution in [-0.2, 0) is 20.0 Å². The van der Waals surface area contributed by atoms with E-state index in [1.54, 1.807) is 11.6 Å². The number of hydrogen-bond donors (Lipinski definition) is 2. The lowest BCUT2D eigenvalue weighted by molar-refractivity contribution is 0.0935. The molecule has 0 aliphatic carbocycles. The Bertz CT molecular complexity index is 1210. The van der Waals surface area contributed by atoms with Gasteiger partial charge in [-0.3, -0.25) is 14.3 Å². The molecule has 1 fully saturated rings. The van der Waals surface area contributed by atoms with Crippen molar-refractivity contribution in [2.75, 3.05) is 44.7 Å². The first-order valence-electron chi connectivity index (χ1n) is 10.9. The third-order valence-corrected chi connectivity index (χ3v) is 5.92. The largest absolute Gasteiger partial charge is 0.491 e. The lowest BCUT2D eigenvalue weighted by Gasteiger charge is -2.33. The van der Waals surface area contributed by atoms with E-state index in [-0.39, 0.29) is 18.7 Å². The fourth-order valence-electron chi connectivity index (χ4n) is 3.95. The highest BCUT2D eigenvalue weighted by molar-refractivity contribution is 5.74. The predicted octanol–water partition coefficient (Wildman–Crippen LogP) is 0.177. The van der Waals surface area contributed by atoms with Gasteiger partial charge in [0.2, 0.25) is 5.95 Å². The topological polar surface area (TPSA) is 109 Å². The number of aromatic amines is 1. The van der Waals surface area contributed by atoms with Gasteiger partial charge < -0.3 is 24.2 Å². The molecule has 32 heavy (non-hydrogen) atoms. The lowest BCUT2D eigenvalue weighted by Crippen LogP contribution is -2.45. The lowest BCUT2D eigenvalue weighted by atomic mass is 10.2. The van der Waals surface area contributed by atoms with Crippen LogP contribution in [0.3, 0.4) is 0 Å². The number of ether oxygens (including phenoxy) is 1. The van der Waals surface area contributed by atoms with Crippen molar-refractivity contribution >= 4 is 17.1 Å². The molecule has 1 aliphatic rings. The number of nitrogens with one attached hydrogen (secondary N) is 1. The molecule has 172 valence electrons. The van der Waals surface area contributed by atoms with E-state index in [1.165, 1.54) is 4.57 Å². The number of rotatable bonds is 7. The van der Waals surface area contributed by atoms with Crippen LogP contribution in [0.5, 0.6) is 5.75 Å². The van der Waals surface area contributed by atoms with Crippen molar-refractivity contribution < 1.29 is 9.84 Å². The van der Waals surface area contributed by atoms with Gasteiger partial charge in [-0.25, -0.2) is 4.79 Å². The van der Waals surface area contributed by atoms with Gasteiger partial charge in [0.1, 0.15) is 18.5 Å². The van der Waals surface area contributed by atoms with Gasteiger partial charge in [-0.2, -0.15) is 4.98 Å². The number of nitrogens with zero attached hydrogens (tertiary/aromatic N) is 5. The summed E-state index contributed by atoms with van der Waals surface area (Å²) >= 11 is 0. The minimum atomic E-state index is -0.875. The van der Waals surface area contributed by atoms with Gasteiger partial charge in [0.15, 0.2) is 11.2 Å². The molecule has 2 aromatic heterocycles. The maximum Gasteiger partial charge on any atom is 0.329 e. The summed E-state index contributed by atoms with van der Waals surface area (Å²) in [4.78, 5) is 36.1. The summed E-state index contributed by atoms with van der Waals surface area (Å²) in [5.41, 5.74) is 0.698. The van der Waals surface area contributed by atoms with Crippen LogP contribution in [0.1, 0.15) is 12.5 Å². The summed E-state index contributed by atoms with van der Waals surface area (Å²) < 4.78 is 8.83. The average Bonchev–Trinajstić information content (AvgIpc) is 3.16. The third-order valence-electron chi connectivity index (χ3n) is 5.92. The highest BCUT2D eigenvalue weighted by Crippen LogP contribution is 2.22. The van der Waals surface area contributed by atoms with Crippen LogP contribution in [0.2, 0.25) is 0 Å². The number of piperazine rings is 1. The summed E-state index contributed by atoms with van der Waals surface area (Å²) in [5, 5.41) is 10.8. The molecule has 1 saturated heterocycles. The SMILES string of the molecule is CCc1cccc(OCC(O)Cn2c(N3CCN(C)CC3)nc3c2c(=O)[nH]c(=O)n3C)c1. The molecule has 0 saturated carbocycles. The van der Waals surface area contributed by atoms with Crippen LogP contribution in [0, 0.1) is 0 Å². The fraction of sp³-hybridized carbons (Fsp3) is 0.500. The Morgan fingerprint density at radius 2 is 1.94 bits per heavy atom. The van der Waals surface area contributed by atoms with Gasteiger partial charge in [-0.1, -0.05) is 19.1 Å². The molecule has 0 spiro atoms. The molecule has 0 radical (unpaired) electrons. The Morgan fingerprint density at radius 3 is 2.66 bits per heavy atom. The number of benzene rings is 1. The van der Waals surface area contributed by atoms with Crippen LogP contribution in [0.15, 0.2) is 33.9 Å². The number of H-pyrrole nitrogens is 1. The molecule has 4 rings (SSSR count). The molecular weight excluding hydrogens is 412 g/mol. The molecule has 0 bridgehead atoms. The van der Waals surface area contributed by atoms with Gasteiger partial charge in [0.05, 0.1) is 6.54 Å². The van der Waals surface area contributed by atoms with E-state index in [2.05, 4.69) is 33.7 Å². The summed E-state index contributed by atoms with van der Waals surface area (Å²) in [5.74, 6) is 1.27. The molecule has 3 aromatic rings. The highest BCUT2D eigenvalue weighted by Gasteiger charge is 2.25. The van der Waals surface area contributed by atoms with Gasteiger partial charge >= 0.3 is 5.69 Å². The molecule has 1 aromatic carbocycles. The van der Waals surface area contributed by atoms with Crippen LogP contribution in [0.25, 0.3) is 11.2 Å². The summed E-state index contributed by atoms with van der Waals surface area (Å²) in [6.07, 6.45) is 0.0250. The van der Waals surface area contributed by atoms with Crippen molar-refractivity contribution in [3.8, 4) is 5.75 Å². The average molecular weight is 443 g/mol. The summed E-state index contributed by atoms with van der Waals surface area (Å²) in [7, 11) is 3.63. The van der Waals surface area contributed by atoms with Crippen molar-refractivity contribution in [2.45, 2.75) is 26.0 Å². The Balaban J connectivity index is 1.63. The van der Waals surface area contributed by atoms with Crippen LogP contribution < -0.4 is 20.9 Å². The second kappa shape index (κ2) is 9.17. The molecule has 1 unspecified atom stereocenters. The predicted molar refractivity (Wildman–Crippen MR) is 123 cm³/mol. The fourth-order valence-corrected chi connectivity index (χ4v) is 3.95. The zero-order valence-corrected chi connectivity index (χ0v) is 18.7. The maximum absolute atomic E-state index is 12.7. The zero-order valence-electron chi connectivity index (χ0n) is 18.7. The number of aryl methyl sites for hydroxylation is 2. The smallest absolute Gasteiger partial charge is 0.329 e. The Kier molecular flexibility index (Phi) is 6.33. The molecule has 3 heterocycles. The van der Waals surface area contributed by atoms with Crippen molar-refractivity contribution in [1.82, 2.24) is 24.0 Å². The van der Waals surface area contributed by atoms with Crippen molar-refractivity contribution in [2.24, 2.45) is 7.05 Å². The number of aliphatic hydroxyl groups excluding tert-OH is 1. The Morgan fingerprint density at radius 1 is 1.19 bits per heavy atom. The number of imidazole rings is 1. The summed E-state index contributed by atoms with van der Waals surface area (Å²) in [6.45, 7) is 5.45. The van der Waals surface area contributed by atoms with E-state index in [1.807, 2.05) is 24.3 Å². The standard InChI is InChI=1S/C22H30N6O4/c1-4-15-6-5-7-17(12-15)32-14-16(29)13-28-18-19(26(3)22(31)24-20(18)30)23-21(28)27-10-8-25(2)9-11-27/h5-7,12,16,29H,4,8-11,13-14H2,1-3H3,(H,24,30,31). The van der Waals surface area contributed by atoms with Crippen LogP contribution >= 0.6 is 0 Å².